The molecule has 0 aliphatic rings. The molecule has 1 aromatic heterocycles. The first-order valence-electron chi connectivity index (χ1n) is 10.2. The number of nitrogens with one attached hydrogen (secondary N) is 2. The summed E-state index contributed by atoms with van der Waals surface area (Å²) in [6, 6.07) is 12.7. The molecule has 2 N–H and O–H groups in total. The molecule has 174 valence electrons. The van der Waals surface area contributed by atoms with Gasteiger partial charge in [0.15, 0.2) is 0 Å². The molecule has 0 spiro atoms. The Bertz CT molecular complexity index is 1140. The van der Waals surface area contributed by atoms with Crippen LogP contribution in [-0.2, 0) is 4.79 Å². The quantitative estimate of drug-likeness (QED) is 0.462. The summed E-state index contributed by atoms with van der Waals surface area (Å²) in [6.45, 7) is 3.66. The molecular weight excluding hydrogens is 433 g/mol. The highest BCUT2D eigenvalue weighted by molar-refractivity contribution is 6.03. The molecule has 0 aliphatic heterocycles. The highest BCUT2D eigenvalue weighted by atomic mass is 19.4. The van der Waals surface area contributed by atoms with E-state index in [1.807, 2.05) is 39.2 Å². The lowest BCUT2D eigenvalue weighted by molar-refractivity contribution is -0.274. The number of aryl methyl sites for hydroxylation is 1. The van der Waals surface area contributed by atoms with Gasteiger partial charge < -0.3 is 20.3 Å². The van der Waals surface area contributed by atoms with E-state index in [4.69, 9.17) is 0 Å². The number of pyridine rings is 1. The third-order valence-electron chi connectivity index (χ3n) is 4.69. The summed E-state index contributed by atoms with van der Waals surface area (Å²) in [6.07, 6.45) is -1.92. The summed E-state index contributed by atoms with van der Waals surface area (Å²) in [5, 5.41) is 7.02. The topological polar surface area (TPSA) is 66.5 Å². The Kier molecular flexibility index (Phi) is 7.55. The van der Waals surface area contributed by atoms with Crippen LogP contribution in [-0.4, -0.2) is 49.3 Å². The molecule has 0 aliphatic carbocycles. The average molecular weight is 458 g/mol. The van der Waals surface area contributed by atoms with Crippen LogP contribution in [0.5, 0.6) is 5.75 Å². The molecule has 9 heteroatoms. The van der Waals surface area contributed by atoms with Gasteiger partial charge in [-0.05, 0) is 74.6 Å². The number of fused-ring (bicyclic) bond motifs is 1. The summed E-state index contributed by atoms with van der Waals surface area (Å²) >= 11 is 0. The van der Waals surface area contributed by atoms with Crippen LogP contribution < -0.4 is 15.4 Å². The Morgan fingerprint density at radius 2 is 1.85 bits per heavy atom. The zero-order valence-electron chi connectivity index (χ0n) is 18.5. The van der Waals surface area contributed by atoms with E-state index in [-0.39, 0.29) is 11.7 Å². The number of hydrogen-bond donors (Lipinski definition) is 2. The second kappa shape index (κ2) is 10.4. The molecule has 0 radical (unpaired) electrons. The number of nitrogens with zero attached hydrogens (tertiary/aromatic N) is 2. The highest BCUT2D eigenvalue weighted by Gasteiger charge is 2.30. The van der Waals surface area contributed by atoms with Crippen molar-refractivity contribution in [3.8, 4) is 5.75 Å². The predicted molar refractivity (Wildman–Crippen MR) is 124 cm³/mol. The zero-order chi connectivity index (χ0) is 24.0. The third-order valence-corrected chi connectivity index (χ3v) is 4.69. The number of carbonyl (C=O) groups excluding carboxylic acids is 1. The Morgan fingerprint density at radius 3 is 2.52 bits per heavy atom. The van der Waals surface area contributed by atoms with Gasteiger partial charge in [0.2, 0.25) is 5.91 Å². The van der Waals surface area contributed by atoms with Crippen LogP contribution in [0.4, 0.5) is 24.7 Å². The molecule has 2 aromatic carbocycles. The van der Waals surface area contributed by atoms with Crippen molar-refractivity contribution in [3.05, 3.63) is 65.7 Å². The van der Waals surface area contributed by atoms with Crippen LogP contribution in [0.1, 0.15) is 11.1 Å². The van der Waals surface area contributed by atoms with Gasteiger partial charge in [0.05, 0.1) is 5.52 Å². The normalized spacial score (nSPS) is 11.8. The van der Waals surface area contributed by atoms with Gasteiger partial charge >= 0.3 is 6.36 Å². The van der Waals surface area contributed by atoms with E-state index in [0.29, 0.717) is 11.3 Å². The van der Waals surface area contributed by atoms with Crippen LogP contribution in [0.15, 0.2) is 54.6 Å². The maximum atomic E-state index is 12.3. The Morgan fingerprint density at radius 1 is 1.12 bits per heavy atom. The molecule has 0 saturated heterocycles. The van der Waals surface area contributed by atoms with Crippen molar-refractivity contribution in [2.75, 3.05) is 37.8 Å². The predicted octanol–water partition coefficient (Wildman–Crippen LogP) is 5.07. The van der Waals surface area contributed by atoms with Crippen molar-refractivity contribution in [3.63, 3.8) is 0 Å². The lowest BCUT2D eigenvalue weighted by Gasteiger charge is -2.13. The van der Waals surface area contributed by atoms with Crippen molar-refractivity contribution >= 4 is 34.4 Å². The van der Waals surface area contributed by atoms with Gasteiger partial charge in [0.25, 0.3) is 0 Å². The number of amides is 1. The maximum absolute atomic E-state index is 12.3. The number of aromatic nitrogens is 1. The van der Waals surface area contributed by atoms with E-state index in [1.54, 1.807) is 6.07 Å². The van der Waals surface area contributed by atoms with E-state index in [0.717, 1.165) is 35.4 Å². The molecule has 1 heterocycles. The number of likely N-dealkylation sites (N-methyl/N-ethyl adjacent to an activating group) is 1. The lowest BCUT2D eigenvalue weighted by Crippen LogP contribution is -2.21. The van der Waals surface area contributed by atoms with Gasteiger partial charge in [-0.3, -0.25) is 4.79 Å². The van der Waals surface area contributed by atoms with Crippen molar-refractivity contribution in [2.45, 2.75) is 13.3 Å². The van der Waals surface area contributed by atoms with Gasteiger partial charge in [-0.15, -0.1) is 13.2 Å². The fourth-order valence-corrected chi connectivity index (χ4v) is 3.11. The summed E-state index contributed by atoms with van der Waals surface area (Å²) in [4.78, 5) is 19.0. The molecule has 3 aromatic rings. The van der Waals surface area contributed by atoms with Gasteiger partial charge in [0, 0.05) is 30.2 Å². The molecule has 3 rings (SSSR count). The number of benzene rings is 2. The van der Waals surface area contributed by atoms with Crippen LogP contribution in [0.2, 0.25) is 0 Å². The Labute approximate surface area is 190 Å². The minimum Gasteiger partial charge on any atom is -0.406 e. The van der Waals surface area contributed by atoms with Gasteiger partial charge in [-0.2, -0.15) is 0 Å². The SMILES string of the molecule is Cc1cc(NCCN(C)C)nc2ccc(NC(=O)/C=C/c3ccc(OC(F)(F)F)cc3)cc12. The zero-order valence-corrected chi connectivity index (χ0v) is 18.5. The smallest absolute Gasteiger partial charge is 0.406 e. The number of ether oxygens (including phenoxy) is 1. The van der Waals surface area contributed by atoms with E-state index in [9.17, 15) is 18.0 Å². The molecule has 0 fully saturated rings. The van der Waals surface area contributed by atoms with Crippen molar-refractivity contribution in [1.29, 1.82) is 0 Å². The van der Waals surface area contributed by atoms with Gasteiger partial charge in [0.1, 0.15) is 11.6 Å². The van der Waals surface area contributed by atoms with E-state index < -0.39 is 6.36 Å². The van der Waals surface area contributed by atoms with Gasteiger partial charge in [-0.25, -0.2) is 4.98 Å². The number of anilines is 2. The van der Waals surface area contributed by atoms with Gasteiger partial charge in [-0.1, -0.05) is 12.1 Å². The minimum atomic E-state index is -4.74. The van der Waals surface area contributed by atoms with E-state index in [2.05, 4.69) is 25.3 Å². The second-order valence-corrected chi connectivity index (χ2v) is 7.73. The molecule has 0 unspecified atom stereocenters. The Balaban J connectivity index is 1.63. The van der Waals surface area contributed by atoms with Crippen molar-refractivity contribution in [2.24, 2.45) is 0 Å². The van der Waals surface area contributed by atoms with E-state index in [1.165, 1.54) is 36.4 Å². The number of alkyl halides is 3. The standard InChI is InChI=1S/C24H25F3N4O2/c1-16-14-22(28-12-13-31(2)3)30-21-10-7-18(15-20(16)21)29-23(32)11-6-17-4-8-19(9-5-17)33-24(25,26)27/h4-11,14-15H,12-13H2,1-3H3,(H,28,30)(H,29,32)/b11-6+. The van der Waals surface area contributed by atoms with Crippen LogP contribution >= 0.6 is 0 Å². The number of carbonyl (C=O) groups is 1. The average Bonchev–Trinajstić information content (AvgIpc) is 2.72. The molecule has 0 bridgehead atoms. The number of hydrogen-bond acceptors (Lipinski definition) is 5. The lowest BCUT2D eigenvalue weighted by atomic mass is 10.1. The third kappa shape index (κ3) is 7.50. The molecule has 0 atom stereocenters. The maximum Gasteiger partial charge on any atom is 0.573 e. The van der Waals surface area contributed by atoms with Crippen LogP contribution in [0.25, 0.3) is 17.0 Å². The summed E-state index contributed by atoms with van der Waals surface area (Å²) in [7, 11) is 4.02. The fourth-order valence-electron chi connectivity index (χ4n) is 3.11. The van der Waals surface area contributed by atoms with E-state index >= 15 is 0 Å². The number of halogens is 3. The highest BCUT2D eigenvalue weighted by Crippen LogP contribution is 2.25. The van der Waals surface area contributed by atoms with Crippen molar-refractivity contribution in [1.82, 2.24) is 9.88 Å². The summed E-state index contributed by atoms with van der Waals surface area (Å²) < 4.78 is 40.5. The second-order valence-electron chi connectivity index (χ2n) is 7.73. The van der Waals surface area contributed by atoms with Crippen LogP contribution in [0, 0.1) is 6.92 Å². The first-order valence-corrected chi connectivity index (χ1v) is 10.2. The monoisotopic (exact) mass is 458 g/mol. The molecule has 6 nitrogen and oxygen atoms in total. The van der Waals surface area contributed by atoms with Crippen LogP contribution in [0.3, 0.4) is 0 Å². The fraction of sp³-hybridized carbons (Fsp3) is 0.250. The molecule has 33 heavy (non-hydrogen) atoms. The minimum absolute atomic E-state index is 0.319. The van der Waals surface area contributed by atoms with Crippen molar-refractivity contribution < 1.29 is 22.7 Å². The largest absolute Gasteiger partial charge is 0.573 e. The first-order chi connectivity index (χ1) is 15.6. The first kappa shape index (κ1) is 24.1. The Hall–Kier alpha value is -3.59. The number of rotatable bonds is 8. The summed E-state index contributed by atoms with van der Waals surface area (Å²) in [5.74, 6) is 0.117. The summed E-state index contributed by atoms with van der Waals surface area (Å²) in [5.41, 5.74) is 3.02. The molecule has 1 amide bonds. The molecular formula is C24H25F3N4O2. The molecule has 0 saturated carbocycles.